The van der Waals surface area contributed by atoms with Crippen LogP contribution in [-0.4, -0.2) is 33.3 Å². The van der Waals surface area contributed by atoms with Crippen molar-refractivity contribution >= 4 is 23.0 Å². The Hall–Kier alpha value is -2.22. The van der Waals surface area contributed by atoms with E-state index in [0.717, 1.165) is 5.69 Å². The summed E-state index contributed by atoms with van der Waals surface area (Å²) in [6.45, 7) is 0.577. The molecule has 0 unspecified atom stereocenters. The molecule has 0 fully saturated rings. The first kappa shape index (κ1) is 12.2. The highest BCUT2D eigenvalue weighted by atomic mass is 32.1. The van der Waals surface area contributed by atoms with Gasteiger partial charge in [0.1, 0.15) is 0 Å². The molecule has 3 N–H and O–H groups in total. The number of oxime groups is 1. The van der Waals surface area contributed by atoms with E-state index in [1.54, 1.807) is 11.6 Å². The molecule has 2 rings (SSSR count). The van der Waals surface area contributed by atoms with Gasteiger partial charge in [0, 0.05) is 12.4 Å². The molecule has 0 aliphatic heterocycles. The summed E-state index contributed by atoms with van der Waals surface area (Å²) in [5.74, 6) is 0.547. The monoisotopic (exact) mass is 264 g/mol. The predicted molar refractivity (Wildman–Crippen MR) is 68.8 cm³/mol. The van der Waals surface area contributed by atoms with Gasteiger partial charge in [-0.05, 0) is 6.07 Å². The highest BCUT2D eigenvalue weighted by Gasteiger charge is 2.13. The Morgan fingerprint density at radius 2 is 2.44 bits per heavy atom. The molecule has 18 heavy (non-hydrogen) atoms. The summed E-state index contributed by atoms with van der Waals surface area (Å²) in [7, 11) is 1.84. The Bertz CT molecular complexity index is 541. The van der Waals surface area contributed by atoms with Crippen LogP contribution in [0.3, 0.4) is 0 Å². The summed E-state index contributed by atoms with van der Waals surface area (Å²) < 4.78 is 0. The van der Waals surface area contributed by atoms with Gasteiger partial charge in [0.15, 0.2) is 11.7 Å². The summed E-state index contributed by atoms with van der Waals surface area (Å²) in [6, 6.07) is 1.65. The second-order valence-electron chi connectivity index (χ2n) is 3.59. The van der Waals surface area contributed by atoms with Crippen LogP contribution in [0.2, 0.25) is 0 Å². The first-order valence-corrected chi connectivity index (χ1v) is 6.04. The molecule has 2 aromatic rings. The van der Waals surface area contributed by atoms with Crippen LogP contribution in [0.1, 0.15) is 11.3 Å². The van der Waals surface area contributed by atoms with Crippen molar-refractivity contribution in [3.8, 4) is 0 Å². The lowest BCUT2D eigenvalue weighted by molar-refractivity contribution is 0.318. The van der Waals surface area contributed by atoms with Gasteiger partial charge in [-0.2, -0.15) is 5.10 Å². The van der Waals surface area contributed by atoms with Crippen molar-refractivity contribution in [3.05, 3.63) is 34.4 Å². The number of nitrogens with zero attached hydrogens (tertiary/aromatic N) is 5. The average Bonchev–Trinajstić information content (AvgIpc) is 2.90. The van der Waals surface area contributed by atoms with E-state index in [2.05, 4.69) is 20.3 Å². The van der Waals surface area contributed by atoms with E-state index in [1.807, 2.05) is 17.3 Å². The Balaban J connectivity index is 2.27. The fourth-order valence-electron chi connectivity index (χ4n) is 1.49. The topological polar surface area (TPSA) is 101 Å². The maximum Gasteiger partial charge on any atom is 0.173 e. The molecular formula is C10H12N6OS. The molecule has 0 aromatic carbocycles. The molecule has 0 saturated heterocycles. The number of thiazole rings is 1. The summed E-state index contributed by atoms with van der Waals surface area (Å²) in [5, 5.41) is 21.5. The number of amidine groups is 1. The van der Waals surface area contributed by atoms with Crippen molar-refractivity contribution in [1.29, 1.82) is 0 Å². The van der Waals surface area contributed by atoms with Crippen LogP contribution in [0.15, 0.2) is 28.3 Å². The molecule has 0 atom stereocenters. The first-order chi connectivity index (χ1) is 8.72. The minimum absolute atomic E-state index is 0.00466. The van der Waals surface area contributed by atoms with E-state index >= 15 is 0 Å². The SMILES string of the molecule is CN(Cc1cscn1)c1nnccc1/C(N)=N/O. The summed E-state index contributed by atoms with van der Waals surface area (Å²) in [4.78, 5) is 6.04. The molecule has 0 amide bonds. The van der Waals surface area contributed by atoms with Crippen LogP contribution in [0.4, 0.5) is 5.82 Å². The minimum atomic E-state index is 0.00466. The maximum atomic E-state index is 8.74. The third-order valence-corrected chi connectivity index (χ3v) is 2.96. The molecule has 2 aromatic heterocycles. The summed E-state index contributed by atoms with van der Waals surface area (Å²) in [6.07, 6.45) is 1.49. The normalized spacial score (nSPS) is 11.5. The van der Waals surface area contributed by atoms with Crippen LogP contribution < -0.4 is 10.6 Å². The van der Waals surface area contributed by atoms with Gasteiger partial charge < -0.3 is 15.8 Å². The van der Waals surface area contributed by atoms with Crippen molar-refractivity contribution in [2.75, 3.05) is 11.9 Å². The van der Waals surface area contributed by atoms with Gasteiger partial charge in [-0.1, -0.05) is 5.16 Å². The predicted octanol–water partition coefficient (Wildman–Crippen LogP) is 0.664. The Morgan fingerprint density at radius 1 is 1.61 bits per heavy atom. The molecule has 7 nitrogen and oxygen atoms in total. The van der Waals surface area contributed by atoms with Gasteiger partial charge in [-0.25, -0.2) is 4.98 Å². The van der Waals surface area contributed by atoms with Crippen molar-refractivity contribution in [2.24, 2.45) is 10.9 Å². The highest BCUT2D eigenvalue weighted by Crippen LogP contribution is 2.16. The second kappa shape index (κ2) is 5.41. The van der Waals surface area contributed by atoms with Gasteiger partial charge in [0.2, 0.25) is 0 Å². The first-order valence-electron chi connectivity index (χ1n) is 5.10. The lowest BCUT2D eigenvalue weighted by Crippen LogP contribution is -2.24. The largest absolute Gasteiger partial charge is 0.409 e. The van der Waals surface area contributed by atoms with Gasteiger partial charge in [0.05, 0.1) is 29.5 Å². The van der Waals surface area contributed by atoms with Crippen molar-refractivity contribution in [2.45, 2.75) is 6.54 Å². The third-order valence-electron chi connectivity index (χ3n) is 2.33. The van der Waals surface area contributed by atoms with Crippen molar-refractivity contribution in [3.63, 3.8) is 0 Å². The molecule has 0 aliphatic rings. The molecule has 8 heteroatoms. The summed E-state index contributed by atoms with van der Waals surface area (Å²) in [5.41, 5.74) is 8.83. The Kier molecular flexibility index (Phi) is 3.68. The number of anilines is 1. The number of nitrogens with two attached hydrogens (primary N) is 1. The standard InChI is InChI=1S/C10H12N6OS/c1-16(4-7-5-18-6-12-7)10-8(9(11)15-17)2-3-13-14-10/h2-3,5-6,17H,4H2,1H3,(H2,11,15). The number of hydrogen-bond donors (Lipinski definition) is 2. The van der Waals surface area contributed by atoms with Crippen LogP contribution in [0.25, 0.3) is 0 Å². The van der Waals surface area contributed by atoms with Crippen LogP contribution in [0.5, 0.6) is 0 Å². The molecule has 0 bridgehead atoms. The van der Waals surface area contributed by atoms with Crippen molar-refractivity contribution < 1.29 is 5.21 Å². The van der Waals surface area contributed by atoms with E-state index < -0.39 is 0 Å². The number of rotatable bonds is 4. The van der Waals surface area contributed by atoms with Gasteiger partial charge >= 0.3 is 0 Å². The van der Waals surface area contributed by atoms with Crippen molar-refractivity contribution in [1.82, 2.24) is 15.2 Å². The fraction of sp³-hybridized carbons (Fsp3) is 0.200. The molecule has 0 saturated carbocycles. The summed E-state index contributed by atoms with van der Waals surface area (Å²) >= 11 is 1.53. The molecule has 94 valence electrons. The quantitative estimate of drug-likeness (QED) is 0.364. The number of hydrogen-bond acceptors (Lipinski definition) is 7. The lowest BCUT2D eigenvalue weighted by atomic mass is 10.2. The second-order valence-corrected chi connectivity index (χ2v) is 4.31. The maximum absolute atomic E-state index is 8.74. The van der Waals surface area contributed by atoms with Crippen LogP contribution in [0, 0.1) is 0 Å². The van der Waals surface area contributed by atoms with E-state index in [0.29, 0.717) is 17.9 Å². The third kappa shape index (κ3) is 2.54. The highest BCUT2D eigenvalue weighted by molar-refractivity contribution is 7.07. The smallest absolute Gasteiger partial charge is 0.173 e. The van der Waals surface area contributed by atoms with E-state index in [4.69, 9.17) is 10.9 Å². The van der Waals surface area contributed by atoms with Gasteiger partial charge in [-0.3, -0.25) is 0 Å². The van der Waals surface area contributed by atoms with E-state index in [9.17, 15) is 0 Å². The van der Waals surface area contributed by atoms with E-state index in [-0.39, 0.29) is 5.84 Å². The Morgan fingerprint density at radius 3 is 3.11 bits per heavy atom. The lowest BCUT2D eigenvalue weighted by Gasteiger charge is -2.18. The molecule has 2 heterocycles. The zero-order chi connectivity index (χ0) is 13.0. The van der Waals surface area contributed by atoms with Crippen LogP contribution >= 0.6 is 11.3 Å². The molecular weight excluding hydrogens is 252 g/mol. The minimum Gasteiger partial charge on any atom is -0.409 e. The Labute approximate surface area is 108 Å². The van der Waals surface area contributed by atoms with E-state index in [1.165, 1.54) is 17.5 Å². The number of aromatic nitrogens is 3. The zero-order valence-corrected chi connectivity index (χ0v) is 10.5. The molecule has 0 aliphatic carbocycles. The molecule has 0 radical (unpaired) electrons. The fourth-order valence-corrected chi connectivity index (χ4v) is 2.04. The zero-order valence-electron chi connectivity index (χ0n) is 9.69. The van der Waals surface area contributed by atoms with Crippen LogP contribution in [-0.2, 0) is 6.54 Å². The van der Waals surface area contributed by atoms with Gasteiger partial charge in [0.25, 0.3) is 0 Å². The molecule has 0 spiro atoms. The average molecular weight is 264 g/mol. The van der Waals surface area contributed by atoms with Gasteiger partial charge in [-0.15, -0.1) is 16.4 Å².